The molecule has 1 aromatic rings. The molecule has 1 unspecified atom stereocenters. The standard InChI is InChI=1S/C17H15FN2O3/c1-5-7-11-9-12(18)14(13(10-11)23-4)15-16(21)19(3)20(8-6-2)17(15)22/h2,9-10,15H,8H2,1,3-4H3. The number of amides is 2. The van der Waals surface area contributed by atoms with Gasteiger partial charge in [-0.05, 0) is 19.1 Å². The molecule has 1 aromatic carbocycles. The van der Waals surface area contributed by atoms with Crippen molar-refractivity contribution >= 4 is 11.8 Å². The molecule has 0 N–H and O–H groups in total. The average Bonchev–Trinajstić information content (AvgIpc) is 2.72. The van der Waals surface area contributed by atoms with Crippen LogP contribution in [0.15, 0.2) is 12.1 Å². The van der Waals surface area contributed by atoms with Crippen LogP contribution in [0.25, 0.3) is 0 Å². The van der Waals surface area contributed by atoms with Crippen LogP contribution in [0.2, 0.25) is 0 Å². The third-order valence-corrected chi connectivity index (χ3v) is 3.54. The molecular weight excluding hydrogens is 299 g/mol. The number of carbonyl (C=O) groups is 2. The van der Waals surface area contributed by atoms with E-state index in [1.54, 1.807) is 6.92 Å². The van der Waals surface area contributed by atoms with Crippen LogP contribution in [0.5, 0.6) is 5.75 Å². The van der Waals surface area contributed by atoms with Crippen molar-refractivity contribution in [3.05, 3.63) is 29.1 Å². The Labute approximate surface area is 134 Å². The van der Waals surface area contributed by atoms with E-state index in [4.69, 9.17) is 11.2 Å². The summed E-state index contributed by atoms with van der Waals surface area (Å²) in [6, 6.07) is 2.68. The van der Waals surface area contributed by atoms with E-state index < -0.39 is 23.5 Å². The van der Waals surface area contributed by atoms with Crippen molar-refractivity contribution in [2.75, 3.05) is 20.7 Å². The highest BCUT2D eigenvalue weighted by atomic mass is 19.1. The topological polar surface area (TPSA) is 49.9 Å². The molecule has 5 nitrogen and oxygen atoms in total. The van der Waals surface area contributed by atoms with Gasteiger partial charge in [0.05, 0.1) is 12.7 Å². The van der Waals surface area contributed by atoms with Gasteiger partial charge in [0.2, 0.25) is 0 Å². The molecule has 1 saturated heterocycles. The Morgan fingerprint density at radius 3 is 2.61 bits per heavy atom. The molecule has 2 rings (SSSR count). The fourth-order valence-electron chi connectivity index (χ4n) is 2.48. The van der Waals surface area contributed by atoms with Crippen molar-refractivity contribution in [2.24, 2.45) is 0 Å². The van der Waals surface area contributed by atoms with E-state index in [1.807, 2.05) is 0 Å². The number of terminal acetylenes is 1. The Kier molecular flexibility index (Phi) is 4.57. The number of hydrogen-bond acceptors (Lipinski definition) is 3. The van der Waals surface area contributed by atoms with Gasteiger partial charge in [-0.25, -0.2) is 9.40 Å². The Bertz CT molecular complexity index is 771. The van der Waals surface area contributed by atoms with Crippen LogP contribution in [0.1, 0.15) is 24.0 Å². The Hall–Kier alpha value is -2.99. The van der Waals surface area contributed by atoms with Crippen LogP contribution in [0.3, 0.4) is 0 Å². The second-order valence-electron chi connectivity index (χ2n) is 4.84. The molecule has 0 bridgehead atoms. The van der Waals surface area contributed by atoms with Crippen molar-refractivity contribution < 1.29 is 18.7 Å². The maximum Gasteiger partial charge on any atom is 0.259 e. The number of hydrogen-bond donors (Lipinski definition) is 0. The molecule has 6 heteroatoms. The minimum atomic E-state index is -1.31. The van der Waals surface area contributed by atoms with Gasteiger partial charge in [-0.1, -0.05) is 11.8 Å². The first-order chi connectivity index (χ1) is 11.0. The van der Waals surface area contributed by atoms with Gasteiger partial charge in [-0.2, -0.15) is 0 Å². The van der Waals surface area contributed by atoms with Gasteiger partial charge in [0.1, 0.15) is 18.1 Å². The quantitative estimate of drug-likeness (QED) is 0.621. The monoisotopic (exact) mass is 314 g/mol. The molecule has 2 amide bonds. The van der Waals surface area contributed by atoms with E-state index in [1.165, 1.54) is 26.3 Å². The molecule has 1 atom stereocenters. The Morgan fingerprint density at radius 1 is 1.35 bits per heavy atom. The first-order valence-corrected chi connectivity index (χ1v) is 6.78. The number of likely N-dealkylation sites (N-methyl/N-ethyl adjacent to an activating group) is 1. The smallest absolute Gasteiger partial charge is 0.259 e. The summed E-state index contributed by atoms with van der Waals surface area (Å²) in [5.74, 6) is 4.60. The number of halogens is 1. The zero-order valence-electron chi connectivity index (χ0n) is 13.0. The molecule has 118 valence electrons. The van der Waals surface area contributed by atoms with Crippen LogP contribution in [0, 0.1) is 30.0 Å². The Morgan fingerprint density at radius 2 is 2.04 bits per heavy atom. The summed E-state index contributed by atoms with van der Waals surface area (Å²) in [6.07, 6.45) is 5.21. The molecular formula is C17H15FN2O3. The fourth-order valence-corrected chi connectivity index (χ4v) is 2.48. The summed E-state index contributed by atoms with van der Waals surface area (Å²) in [6.45, 7) is 1.55. The predicted molar refractivity (Wildman–Crippen MR) is 81.6 cm³/mol. The van der Waals surface area contributed by atoms with E-state index in [2.05, 4.69) is 17.8 Å². The van der Waals surface area contributed by atoms with Crippen LogP contribution in [-0.2, 0) is 9.59 Å². The van der Waals surface area contributed by atoms with Crippen molar-refractivity contribution in [2.45, 2.75) is 12.8 Å². The number of methoxy groups -OCH3 is 1. The average molecular weight is 314 g/mol. The minimum absolute atomic E-state index is 0.0685. The normalized spacial score (nSPS) is 16.9. The lowest BCUT2D eigenvalue weighted by Gasteiger charge is -2.20. The fraction of sp³-hybridized carbons (Fsp3) is 0.294. The summed E-state index contributed by atoms with van der Waals surface area (Å²) in [5.41, 5.74) is 0.299. The molecule has 23 heavy (non-hydrogen) atoms. The van der Waals surface area contributed by atoms with Gasteiger partial charge in [-0.15, -0.1) is 12.3 Å². The van der Waals surface area contributed by atoms with Gasteiger partial charge in [0, 0.05) is 12.6 Å². The summed E-state index contributed by atoms with van der Waals surface area (Å²) >= 11 is 0. The van der Waals surface area contributed by atoms with Crippen LogP contribution >= 0.6 is 0 Å². The minimum Gasteiger partial charge on any atom is -0.496 e. The highest BCUT2D eigenvalue weighted by molar-refractivity contribution is 6.10. The molecule has 1 aliphatic rings. The summed E-state index contributed by atoms with van der Waals surface area (Å²) in [5, 5.41) is 2.21. The van der Waals surface area contributed by atoms with E-state index >= 15 is 0 Å². The van der Waals surface area contributed by atoms with Gasteiger partial charge >= 0.3 is 0 Å². The van der Waals surface area contributed by atoms with Crippen molar-refractivity contribution in [3.63, 3.8) is 0 Å². The number of rotatable bonds is 3. The van der Waals surface area contributed by atoms with E-state index in [0.717, 1.165) is 10.0 Å². The number of ether oxygens (including phenoxy) is 1. The molecule has 0 aromatic heterocycles. The van der Waals surface area contributed by atoms with Gasteiger partial charge in [0.25, 0.3) is 11.8 Å². The number of hydrazine groups is 1. The Balaban J connectivity index is 2.57. The number of nitrogens with zero attached hydrogens (tertiary/aromatic N) is 2. The van der Waals surface area contributed by atoms with E-state index in [-0.39, 0.29) is 17.9 Å². The lowest BCUT2D eigenvalue weighted by Crippen LogP contribution is -2.37. The summed E-state index contributed by atoms with van der Waals surface area (Å²) < 4.78 is 19.7. The largest absolute Gasteiger partial charge is 0.496 e. The van der Waals surface area contributed by atoms with Crippen LogP contribution in [0.4, 0.5) is 4.39 Å². The molecule has 1 aliphatic heterocycles. The zero-order valence-corrected chi connectivity index (χ0v) is 13.0. The van der Waals surface area contributed by atoms with E-state index in [0.29, 0.717) is 5.56 Å². The van der Waals surface area contributed by atoms with Crippen LogP contribution < -0.4 is 4.74 Å². The van der Waals surface area contributed by atoms with Crippen molar-refractivity contribution in [1.29, 1.82) is 0 Å². The second kappa shape index (κ2) is 6.41. The predicted octanol–water partition coefficient (Wildman–Crippen LogP) is 1.14. The number of carbonyl (C=O) groups excluding carboxylic acids is 2. The number of benzene rings is 1. The SMILES string of the molecule is C#CCN1C(=O)C(c2c(F)cc(C#CC)cc2OC)C(=O)N1C. The lowest BCUT2D eigenvalue weighted by molar-refractivity contribution is -0.142. The first kappa shape index (κ1) is 16.4. The third-order valence-electron chi connectivity index (χ3n) is 3.54. The van der Waals surface area contributed by atoms with E-state index in [9.17, 15) is 14.0 Å². The maximum absolute atomic E-state index is 14.5. The molecule has 0 saturated carbocycles. The first-order valence-electron chi connectivity index (χ1n) is 6.78. The van der Waals surface area contributed by atoms with Crippen molar-refractivity contribution in [3.8, 4) is 29.9 Å². The maximum atomic E-state index is 14.5. The molecule has 0 aliphatic carbocycles. The van der Waals surface area contributed by atoms with Gasteiger partial charge in [0.15, 0.2) is 5.92 Å². The third kappa shape index (κ3) is 2.72. The zero-order chi connectivity index (χ0) is 17.1. The highest BCUT2D eigenvalue weighted by Gasteiger charge is 2.46. The second-order valence-corrected chi connectivity index (χ2v) is 4.84. The molecule has 1 fully saturated rings. The lowest BCUT2D eigenvalue weighted by atomic mass is 9.95. The molecule has 0 spiro atoms. The molecule has 0 radical (unpaired) electrons. The van der Waals surface area contributed by atoms with Gasteiger partial charge < -0.3 is 4.74 Å². The summed E-state index contributed by atoms with van der Waals surface area (Å²) in [7, 11) is 2.76. The highest BCUT2D eigenvalue weighted by Crippen LogP contribution is 2.36. The summed E-state index contributed by atoms with van der Waals surface area (Å²) in [4.78, 5) is 24.8. The van der Waals surface area contributed by atoms with Crippen LogP contribution in [-0.4, -0.2) is 42.5 Å². The molecule has 1 heterocycles. The van der Waals surface area contributed by atoms with Gasteiger partial charge in [-0.3, -0.25) is 14.6 Å². The van der Waals surface area contributed by atoms with Crippen molar-refractivity contribution in [1.82, 2.24) is 10.0 Å².